The minimum atomic E-state index is -3.71. The topological polar surface area (TPSA) is 95.5 Å². The molecule has 0 unspecified atom stereocenters. The average Bonchev–Trinajstić information content (AvgIpc) is 2.27. The van der Waals surface area contributed by atoms with Crippen LogP contribution in [0.3, 0.4) is 0 Å². The van der Waals surface area contributed by atoms with Crippen LogP contribution in [0.2, 0.25) is 0 Å². The van der Waals surface area contributed by atoms with Gasteiger partial charge in [0.1, 0.15) is 6.04 Å². The number of hydrazine groups is 1. The van der Waals surface area contributed by atoms with E-state index in [0.717, 1.165) is 0 Å². The molecule has 0 heterocycles. The molecule has 6 nitrogen and oxygen atoms in total. The lowest BCUT2D eigenvalue weighted by Crippen LogP contribution is -2.46. The van der Waals surface area contributed by atoms with Crippen molar-refractivity contribution in [1.29, 1.82) is 0 Å². The van der Waals surface area contributed by atoms with Gasteiger partial charge in [-0.05, 0) is 19.1 Å². The van der Waals surface area contributed by atoms with Crippen molar-refractivity contribution in [2.75, 3.05) is 0 Å². The SMILES string of the molecule is C[C@H](NNS(=O)(=O)c1ccccc1)C(=O)O. The largest absolute Gasteiger partial charge is 0.480 e. The summed E-state index contributed by atoms with van der Waals surface area (Å²) in [6.45, 7) is 1.33. The Kier molecular flexibility index (Phi) is 3.99. The minimum absolute atomic E-state index is 0.0695. The molecule has 1 rings (SSSR count). The molecule has 88 valence electrons. The van der Waals surface area contributed by atoms with Crippen molar-refractivity contribution in [3.8, 4) is 0 Å². The first-order valence-corrected chi connectivity index (χ1v) is 5.97. The molecule has 7 heteroatoms. The Morgan fingerprint density at radius 3 is 2.38 bits per heavy atom. The van der Waals surface area contributed by atoms with Crippen molar-refractivity contribution in [3.63, 3.8) is 0 Å². The van der Waals surface area contributed by atoms with Crippen LogP contribution in [-0.2, 0) is 14.8 Å². The molecular formula is C9H12N2O4S. The van der Waals surface area contributed by atoms with E-state index in [9.17, 15) is 13.2 Å². The van der Waals surface area contributed by atoms with Crippen molar-refractivity contribution in [1.82, 2.24) is 10.3 Å². The third-order valence-electron chi connectivity index (χ3n) is 1.83. The molecule has 0 bridgehead atoms. The normalized spacial score (nSPS) is 13.3. The number of nitrogens with one attached hydrogen (secondary N) is 2. The van der Waals surface area contributed by atoms with Gasteiger partial charge in [-0.2, -0.15) is 0 Å². The Bertz CT molecular complexity index is 458. The summed E-state index contributed by atoms with van der Waals surface area (Å²) in [6.07, 6.45) is 0. The maximum absolute atomic E-state index is 11.6. The molecule has 0 amide bonds. The first-order valence-electron chi connectivity index (χ1n) is 4.48. The van der Waals surface area contributed by atoms with E-state index in [1.807, 2.05) is 4.83 Å². The van der Waals surface area contributed by atoms with Gasteiger partial charge in [0, 0.05) is 0 Å². The second-order valence-electron chi connectivity index (χ2n) is 3.12. The highest BCUT2D eigenvalue weighted by molar-refractivity contribution is 7.89. The van der Waals surface area contributed by atoms with E-state index in [-0.39, 0.29) is 4.90 Å². The maximum Gasteiger partial charge on any atom is 0.321 e. The van der Waals surface area contributed by atoms with Gasteiger partial charge >= 0.3 is 5.97 Å². The van der Waals surface area contributed by atoms with Crippen molar-refractivity contribution in [2.45, 2.75) is 17.9 Å². The smallest absolute Gasteiger partial charge is 0.321 e. The number of carbonyl (C=O) groups is 1. The predicted octanol–water partition coefficient (Wildman–Crippen LogP) is -0.0574. The number of rotatable bonds is 5. The van der Waals surface area contributed by atoms with E-state index in [4.69, 9.17) is 5.11 Å². The highest BCUT2D eigenvalue weighted by Gasteiger charge is 2.16. The van der Waals surface area contributed by atoms with E-state index in [1.165, 1.54) is 19.1 Å². The second-order valence-corrected chi connectivity index (χ2v) is 4.81. The summed E-state index contributed by atoms with van der Waals surface area (Å²) in [5.41, 5.74) is 2.18. The van der Waals surface area contributed by atoms with E-state index < -0.39 is 22.0 Å². The fourth-order valence-corrected chi connectivity index (χ4v) is 1.85. The van der Waals surface area contributed by atoms with E-state index in [0.29, 0.717) is 0 Å². The average molecular weight is 244 g/mol. The zero-order valence-corrected chi connectivity index (χ0v) is 9.36. The first kappa shape index (κ1) is 12.6. The van der Waals surface area contributed by atoms with Crippen LogP contribution in [-0.4, -0.2) is 25.5 Å². The van der Waals surface area contributed by atoms with Crippen LogP contribution >= 0.6 is 0 Å². The Hall–Kier alpha value is -1.44. The molecule has 1 atom stereocenters. The fourth-order valence-electron chi connectivity index (χ4n) is 0.886. The molecule has 3 N–H and O–H groups in total. The summed E-state index contributed by atoms with van der Waals surface area (Å²) in [7, 11) is -3.71. The minimum Gasteiger partial charge on any atom is -0.480 e. The summed E-state index contributed by atoms with van der Waals surface area (Å²) in [6, 6.07) is 6.67. The fraction of sp³-hybridized carbons (Fsp3) is 0.222. The van der Waals surface area contributed by atoms with Gasteiger partial charge in [0.15, 0.2) is 0 Å². The van der Waals surface area contributed by atoms with Crippen molar-refractivity contribution >= 4 is 16.0 Å². The van der Waals surface area contributed by atoms with Crippen LogP contribution < -0.4 is 10.3 Å². The monoisotopic (exact) mass is 244 g/mol. The van der Waals surface area contributed by atoms with E-state index in [1.54, 1.807) is 18.2 Å². The highest BCUT2D eigenvalue weighted by Crippen LogP contribution is 2.05. The van der Waals surface area contributed by atoms with Gasteiger partial charge in [-0.3, -0.25) is 4.79 Å². The molecule has 0 saturated carbocycles. The molecule has 0 aromatic heterocycles. The Morgan fingerprint density at radius 1 is 1.31 bits per heavy atom. The number of aliphatic carboxylic acids is 1. The molecule has 0 aliphatic heterocycles. The standard InChI is InChI=1S/C9H12N2O4S/c1-7(9(12)13)10-11-16(14,15)8-5-3-2-4-6-8/h2-7,10-11H,1H3,(H,12,13)/t7-/m0/s1. The lowest BCUT2D eigenvalue weighted by atomic mass is 10.4. The lowest BCUT2D eigenvalue weighted by molar-refractivity contribution is -0.139. The molecule has 1 aromatic carbocycles. The molecule has 1 aromatic rings. The lowest BCUT2D eigenvalue weighted by Gasteiger charge is -2.10. The number of carboxylic acid groups (broad SMARTS) is 1. The number of carboxylic acids is 1. The summed E-state index contributed by atoms with van der Waals surface area (Å²) in [5, 5.41) is 8.55. The Balaban J connectivity index is 2.71. The summed E-state index contributed by atoms with van der Waals surface area (Å²) < 4.78 is 23.2. The Labute approximate surface area is 93.3 Å². The highest BCUT2D eigenvalue weighted by atomic mass is 32.2. The molecule has 0 aliphatic carbocycles. The summed E-state index contributed by atoms with van der Waals surface area (Å²) >= 11 is 0. The van der Waals surface area contributed by atoms with Crippen LogP contribution in [0, 0.1) is 0 Å². The predicted molar refractivity (Wildman–Crippen MR) is 57.0 cm³/mol. The maximum atomic E-state index is 11.6. The van der Waals surface area contributed by atoms with Crippen molar-refractivity contribution < 1.29 is 18.3 Å². The van der Waals surface area contributed by atoms with Gasteiger partial charge in [0.05, 0.1) is 4.90 Å². The second kappa shape index (κ2) is 5.06. The molecular weight excluding hydrogens is 232 g/mol. The van der Waals surface area contributed by atoms with Gasteiger partial charge in [0.25, 0.3) is 10.0 Å². The zero-order chi connectivity index (χ0) is 12.2. The van der Waals surface area contributed by atoms with E-state index in [2.05, 4.69) is 5.43 Å². The van der Waals surface area contributed by atoms with E-state index >= 15 is 0 Å². The van der Waals surface area contributed by atoms with Crippen molar-refractivity contribution in [3.05, 3.63) is 30.3 Å². The van der Waals surface area contributed by atoms with Gasteiger partial charge in [0.2, 0.25) is 0 Å². The number of hydrogen-bond donors (Lipinski definition) is 3. The molecule has 16 heavy (non-hydrogen) atoms. The number of hydrogen-bond acceptors (Lipinski definition) is 4. The number of benzene rings is 1. The molecule has 0 fully saturated rings. The molecule has 0 saturated heterocycles. The van der Waals surface area contributed by atoms with Crippen molar-refractivity contribution in [2.24, 2.45) is 0 Å². The van der Waals surface area contributed by atoms with Crippen LogP contribution in [0.4, 0.5) is 0 Å². The Morgan fingerprint density at radius 2 is 1.88 bits per heavy atom. The van der Waals surface area contributed by atoms with Gasteiger partial charge < -0.3 is 5.11 Å². The van der Waals surface area contributed by atoms with Crippen LogP contribution in [0.25, 0.3) is 0 Å². The van der Waals surface area contributed by atoms with Gasteiger partial charge in [-0.15, -0.1) is 4.83 Å². The quantitative estimate of drug-likeness (QED) is 0.631. The molecule has 0 aliphatic rings. The van der Waals surface area contributed by atoms with Crippen LogP contribution in [0.1, 0.15) is 6.92 Å². The van der Waals surface area contributed by atoms with Gasteiger partial charge in [-0.25, -0.2) is 13.8 Å². The third kappa shape index (κ3) is 3.30. The summed E-state index contributed by atoms with van der Waals surface area (Å²) in [4.78, 5) is 12.5. The van der Waals surface area contributed by atoms with Gasteiger partial charge in [-0.1, -0.05) is 18.2 Å². The molecule has 0 spiro atoms. The van der Waals surface area contributed by atoms with Crippen LogP contribution in [0.5, 0.6) is 0 Å². The number of sulfonamides is 1. The molecule has 0 radical (unpaired) electrons. The third-order valence-corrected chi connectivity index (χ3v) is 3.11. The first-order chi connectivity index (χ1) is 7.43. The zero-order valence-electron chi connectivity index (χ0n) is 8.54. The van der Waals surface area contributed by atoms with Crippen LogP contribution in [0.15, 0.2) is 35.2 Å². The summed E-state index contributed by atoms with van der Waals surface area (Å²) in [5.74, 6) is -1.14.